The van der Waals surface area contributed by atoms with E-state index in [0.717, 1.165) is 31.7 Å². The molecule has 0 saturated heterocycles. The van der Waals surface area contributed by atoms with Crippen LogP contribution in [0.1, 0.15) is 46.5 Å². The highest BCUT2D eigenvalue weighted by Gasteiger charge is 2.34. The van der Waals surface area contributed by atoms with Crippen LogP contribution in [0.15, 0.2) is 0 Å². The van der Waals surface area contributed by atoms with Gasteiger partial charge < -0.3 is 14.8 Å². The van der Waals surface area contributed by atoms with Crippen molar-refractivity contribution < 1.29 is 19.1 Å². The van der Waals surface area contributed by atoms with Crippen molar-refractivity contribution in [2.45, 2.75) is 83.8 Å². The minimum atomic E-state index is -1.21. The summed E-state index contributed by atoms with van der Waals surface area (Å²) in [5, 5.41) is 2.86. The molecule has 6 heteroatoms. The summed E-state index contributed by atoms with van der Waals surface area (Å²) in [6, 6.07) is 0.785. The first-order chi connectivity index (χ1) is 10.5. The lowest BCUT2D eigenvalue weighted by Gasteiger charge is -2.31. The number of nitrogens with one attached hydrogen (secondary N) is 1. The van der Waals surface area contributed by atoms with Crippen molar-refractivity contribution in [3.63, 3.8) is 0 Å². The molecule has 1 N–H and O–H groups in total. The summed E-state index contributed by atoms with van der Waals surface area (Å²) >= 11 is 0. The topological polar surface area (TPSA) is 64.6 Å². The van der Waals surface area contributed by atoms with E-state index in [4.69, 9.17) is 9.47 Å². The van der Waals surface area contributed by atoms with Gasteiger partial charge in [0.2, 0.25) is 0 Å². The fraction of sp³-hybridized carbons (Fsp3) is 0.882. The number of rotatable bonds is 5. The van der Waals surface area contributed by atoms with Gasteiger partial charge in [-0.05, 0) is 39.7 Å². The van der Waals surface area contributed by atoms with Crippen LogP contribution in [0, 0.1) is 5.92 Å². The maximum absolute atomic E-state index is 12.4. The van der Waals surface area contributed by atoms with Crippen LogP contribution in [-0.2, 0) is 14.3 Å². The summed E-state index contributed by atoms with van der Waals surface area (Å²) in [5.41, 5.74) is -0.536. The predicted molar refractivity (Wildman–Crippen MR) is 94.2 cm³/mol. The van der Waals surface area contributed by atoms with Crippen LogP contribution >= 0.6 is 0 Å². The first-order valence-corrected chi connectivity index (χ1v) is 12.3. The zero-order valence-electron chi connectivity index (χ0n) is 15.5. The van der Waals surface area contributed by atoms with E-state index in [1.807, 2.05) is 20.8 Å². The Morgan fingerprint density at radius 3 is 2.30 bits per heavy atom. The van der Waals surface area contributed by atoms with Gasteiger partial charge in [-0.3, -0.25) is 4.79 Å². The number of ether oxygens (including phenoxy) is 2. The second-order valence-corrected chi connectivity index (χ2v) is 14.2. The molecule has 5 nitrogen and oxygen atoms in total. The molecule has 1 fully saturated rings. The summed E-state index contributed by atoms with van der Waals surface area (Å²) < 4.78 is 10.8. The zero-order valence-corrected chi connectivity index (χ0v) is 16.5. The van der Waals surface area contributed by atoms with E-state index in [-0.39, 0.29) is 17.9 Å². The second-order valence-electron chi connectivity index (χ2n) is 8.62. The van der Waals surface area contributed by atoms with E-state index >= 15 is 0 Å². The Balaban J connectivity index is 2.53. The van der Waals surface area contributed by atoms with Crippen molar-refractivity contribution >= 4 is 20.1 Å². The van der Waals surface area contributed by atoms with Crippen LogP contribution in [0.2, 0.25) is 25.7 Å². The van der Waals surface area contributed by atoms with Gasteiger partial charge in [-0.25, -0.2) is 4.79 Å². The maximum Gasteiger partial charge on any atom is 0.407 e. The van der Waals surface area contributed by atoms with E-state index < -0.39 is 19.8 Å². The van der Waals surface area contributed by atoms with Gasteiger partial charge in [0.25, 0.3) is 0 Å². The molecule has 1 aliphatic carbocycles. The third-order valence-corrected chi connectivity index (χ3v) is 5.57. The number of hydrogen-bond acceptors (Lipinski definition) is 4. The van der Waals surface area contributed by atoms with E-state index in [9.17, 15) is 9.59 Å². The Labute approximate surface area is 141 Å². The van der Waals surface area contributed by atoms with Crippen molar-refractivity contribution in [3.05, 3.63) is 0 Å². The van der Waals surface area contributed by atoms with Crippen LogP contribution in [0.5, 0.6) is 0 Å². The fourth-order valence-electron chi connectivity index (χ4n) is 2.61. The highest BCUT2D eigenvalue weighted by Crippen LogP contribution is 2.26. The Morgan fingerprint density at radius 1 is 1.13 bits per heavy atom. The minimum absolute atomic E-state index is 0.177. The third kappa shape index (κ3) is 8.39. The Bertz CT molecular complexity index is 412. The molecule has 1 amide bonds. The zero-order chi connectivity index (χ0) is 17.7. The molecule has 0 aromatic rings. The van der Waals surface area contributed by atoms with Crippen LogP contribution in [-0.4, -0.2) is 38.4 Å². The number of esters is 1. The van der Waals surface area contributed by atoms with Gasteiger partial charge in [-0.2, -0.15) is 0 Å². The van der Waals surface area contributed by atoms with Crippen molar-refractivity contribution in [3.8, 4) is 0 Å². The minimum Gasteiger partial charge on any atom is -0.466 e. The Morgan fingerprint density at radius 2 is 1.74 bits per heavy atom. The number of amides is 1. The van der Waals surface area contributed by atoms with E-state index in [1.165, 1.54) is 0 Å². The smallest absolute Gasteiger partial charge is 0.407 e. The monoisotopic (exact) mass is 343 g/mol. The summed E-state index contributed by atoms with van der Waals surface area (Å²) in [7, 11) is -1.21. The summed E-state index contributed by atoms with van der Waals surface area (Å²) in [6.45, 7) is 12.8. The molecular formula is C17H33NO4Si. The lowest BCUT2D eigenvalue weighted by Crippen LogP contribution is -2.47. The number of carbonyl (C=O) groups is 2. The molecule has 2 atom stereocenters. The number of carbonyl (C=O) groups excluding carboxylic acids is 2. The van der Waals surface area contributed by atoms with E-state index in [1.54, 1.807) is 0 Å². The summed E-state index contributed by atoms with van der Waals surface area (Å²) in [5.74, 6) is -0.429. The van der Waals surface area contributed by atoms with Crippen molar-refractivity contribution in [2.24, 2.45) is 5.92 Å². The molecule has 23 heavy (non-hydrogen) atoms. The number of hydrogen-bond donors (Lipinski definition) is 1. The van der Waals surface area contributed by atoms with Crippen LogP contribution in [0.25, 0.3) is 0 Å². The SMILES string of the molecule is CC(C)(C)OC(=O)N[C@@H]1CCCC[C@@H]1C(=O)OCC[Si](C)(C)C. The van der Waals surface area contributed by atoms with Gasteiger partial charge in [0.15, 0.2) is 0 Å². The largest absolute Gasteiger partial charge is 0.466 e. The molecule has 1 saturated carbocycles. The fourth-order valence-corrected chi connectivity index (χ4v) is 3.32. The standard InChI is InChI=1S/C17H33NO4Si/c1-17(2,3)22-16(20)18-14-10-8-7-9-13(14)15(19)21-11-12-23(4,5)6/h13-14H,7-12H2,1-6H3,(H,18,20)/t13-,14+/m0/s1. The van der Waals surface area contributed by atoms with Crippen molar-refractivity contribution in [2.75, 3.05) is 6.61 Å². The van der Waals surface area contributed by atoms with Gasteiger partial charge >= 0.3 is 12.1 Å². The van der Waals surface area contributed by atoms with Gasteiger partial charge in [0, 0.05) is 14.1 Å². The highest BCUT2D eigenvalue weighted by molar-refractivity contribution is 6.76. The Hall–Kier alpha value is -1.04. The molecule has 0 aliphatic heterocycles. The summed E-state index contributed by atoms with van der Waals surface area (Å²) in [6.07, 6.45) is 3.13. The van der Waals surface area contributed by atoms with Gasteiger partial charge in [0.05, 0.1) is 12.5 Å². The van der Waals surface area contributed by atoms with Gasteiger partial charge in [-0.15, -0.1) is 0 Å². The first kappa shape index (κ1) is 20.0. The molecular weight excluding hydrogens is 310 g/mol. The maximum atomic E-state index is 12.4. The second kappa shape index (κ2) is 8.17. The normalized spacial score (nSPS) is 22.3. The third-order valence-electron chi connectivity index (χ3n) is 3.87. The molecule has 0 unspecified atom stereocenters. The lowest BCUT2D eigenvalue weighted by atomic mass is 9.84. The van der Waals surface area contributed by atoms with E-state index in [2.05, 4.69) is 25.0 Å². The average Bonchev–Trinajstić information content (AvgIpc) is 2.35. The van der Waals surface area contributed by atoms with Gasteiger partial charge in [0.1, 0.15) is 5.60 Å². The molecule has 0 radical (unpaired) electrons. The van der Waals surface area contributed by atoms with E-state index in [0.29, 0.717) is 6.61 Å². The molecule has 0 spiro atoms. The van der Waals surface area contributed by atoms with Crippen LogP contribution < -0.4 is 5.32 Å². The van der Waals surface area contributed by atoms with Crippen LogP contribution in [0.3, 0.4) is 0 Å². The van der Waals surface area contributed by atoms with Crippen LogP contribution in [0.4, 0.5) is 4.79 Å². The quantitative estimate of drug-likeness (QED) is 0.606. The Kier molecular flexibility index (Phi) is 7.11. The van der Waals surface area contributed by atoms with Gasteiger partial charge in [-0.1, -0.05) is 32.5 Å². The predicted octanol–water partition coefficient (Wildman–Crippen LogP) is 3.95. The average molecular weight is 344 g/mol. The molecule has 0 aromatic carbocycles. The lowest BCUT2D eigenvalue weighted by molar-refractivity contribution is -0.150. The summed E-state index contributed by atoms with van der Waals surface area (Å²) in [4.78, 5) is 24.3. The molecule has 1 rings (SSSR count). The van der Waals surface area contributed by atoms with Crippen molar-refractivity contribution in [1.29, 1.82) is 0 Å². The van der Waals surface area contributed by atoms with Crippen molar-refractivity contribution in [1.82, 2.24) is 5.32 Å². The molecule has 0 aromatic heterocycles. The molecule has 0 bridgehead atoms. The number of alkyl carbamates (subject to hydrolysis) is 1. The highest BCUT2D eigenvalue weighted by atomic mass is 28.3. The molecule has 0 heterocycles. The molecule has 1 aliphatic rings. The first-order valence-electron chi connectivity index (χ1n) is 8.64. The molecule has 134 valence electrons.